The zero-order valence-corrected chi connectivity index (χ0v) is 30.5. The fraction of sp³-hybridized carbons (Fsp3) is 0. The Kier molecular flexibility index (Phi) is 6.83. The Labute approximate surface area is 326 Å². The van der Waals surface area contributed by atoms with Crippen LogP contribution in [0.3, 0.4) is 0 Å². The van der Waals surface area contributed by atoms with Gasteiger partial charge in [0.25, 0.3) is 0 Å². The molecule has 12 rings (SSSR count). The Balaban J connectivity index is 1.06. The molecule has 0 saturated carbocycles. The van der Waals surface area contributed by atoms with Gasteiger partial charge in [0.2, 0.25) is 0 Å². The lowest BCUT2D eigenvalue weighted by Crippen LogP contribution is -2.00. The maximum Gasteiger partial charge on any atom is 0.164 e. The lowest BCUT2D eigenvalue weighted by atomic mass is 10.1. The monoisotopic (exact) mass is 729 g/mol. The average molecular weight is 730 g/mol. The molecule has 6 nitrogen and oxygen atoms in total. The van der Waals surface area contributed by atoms with E-state index in [-0.39, 0.29) is 0 Å². The molecule has 0 fully saturated rings. The highest BCUT2D eigenvalue weighted by Gasteiger charge is 2.22. The van der Waals surface area contributed by atoms with Gasteiger partial charge in [0.15, 0.2) is 23.1 Å². The third-order valence-corrected chi connectivity index (χ3v) is 11.2. The molecule has 0 amide bonds. The first-order valence-electron chi connectivity index (χ1n) is 19.1. The maximum absolute atomic E-state index is 6.59. The number of rotatable bonds is 5. The highest BCUT2D eigenvalue weighted by molar-refractivity contribution is 6.29. The van der Waals surface area contributed by atoms with Crippen molar-refractivity contribution in [1.82, 2.24) is 24.1 Å². The summed E-state index contributed by atoms with van der Waals surface area (Å²) >= 11 is 0. The summed E-state index contributed by atoms with van der Waals surface area (Å²) in [5.41, 5.74) is 11.2. The van der Waals surface area contributed by atoms with Gasteiger partial charge in [0.1, 0.15) is 5.58 Å². The number of para-hydroxylation sites is 4. The molecule has 0 aliphatic heterocycles. The van der Waals surface area contributed by atoms with Crippen LogP contribution in [0.5, 0.6) is 0 Å². The summed E-state index contributed by atoms with van der Waals surface area (Å²) in [6, 6.07) is 65.5. The van der Waals surface area contributed by atoms with Crippen LogP contribution in [0, 0.1) is 0 Å². The third-order valence-electron chi connectivity index (χ3n) is 11.2. The quantitative estimate of drug-likeness (QED) is 0.177. The Morgan fingerprint density at radius 3 is 1.42 bits per heavy atom. The second kappa shape index (κ2) is 12.3. The number of aromatic nitrogens is 5. The van der Waals surface area contributed by atoms with Crippen LogP contribution < -0.4 is 0 Å². The van der Waals surface area contributed by atoms with Crippen LogP contribution in [0.2, 0.25) is 0 Å². The van der Waals surface area contributed by atoms with E-state index in [9.17, 15) is 0 Å². The first-order chi connectivity index (χ1) is 28.3. The molecular weight excluding hydrogens is 699 g/mol. The van der Waals surface area contributed by atoms with Crippen LogP contribution in [0.15, 0.2) is 192 Å². The summed E-state index contributed by atoms with van der Waals surface area (Å²) in [6.45, 7) is 0. The first-order valence-corrected chi connectivity index (χ1v) is 19.1. The number of hydrogen-bond donors (Lipinski definition) is 0. The Morgan fingerprint density at radius 2 is 0.807 bits per heavy atom. The molecule has 0 aliphatic carbocycles. The van der Waals surface area contributed by atoms with Crippen molar-refractivity contribution >= 4 is 65.6 Å². The summed E-state index contributed by atoms with van der Waals surface area (Å²) in [5.74, 6) is 1.92. The molecule has 0 bridgehead atoms. The topological polar surface area (TPSA) is 61.7 Å². The molecule has 4 heterocycles. The van der Waals surface area contributed by atoms with Crippen molar-refractivity contribution in [2.45, 2.75) is 0 Å². The number of benzene rings is 8. The average Bonchev–Trinajstić information content (AvgIpc) is 3.95. The largest absolute Gasteiger partial charge is 0.454 e. The molecule has 8 aromatic carbocycles. The SMILES string of the molecule is c1ccc(-c2nc(-c3ccccc3)nc(-c3ccc(-n4c5ccccc5c5c6c7ccccc7n(-c7cccc8c7oc7ccccc78)c6ccc54)cc3)n2)cc1. The highest BCUT2D eigenvalue weighted by Crippen LogP contribution is 2.44. The lowest BCUT2D eigenvalue weighted by Gasteiger charge is -2.11. The fourth-order valence-corrected chi connectivity index (χ4v) is 8.66. The van der Waals surface area contributed by atoms with E-state index in [4.69, 9.17) is 19.4 Å². The zero-order valence-electron chi connectivity index (χ0n) is 30.5. The minimum absolute atomic E-state index is 0.630. The first kappa shape index (κ1) is 31.5. The van der Waals surface area contributed by atoms with E-state index in [1.807, 2.05) is 72.8 Å². The minimum Gasteiger partial charge on any atom is -0.454 e. The number of fused-ring (bicyclic) bond motifs is 10. The van der Waals surface area contributed by atoms with Gasteiger partial charge in [0.05, 0.1) is 27.8 Å². The molecule has 6 heteroatoms. The van der Waals surface area contributed by atoms with E-state index in [2.05, 4.69) is 124 Å². The van der Waals surface area contributed by atoms with E-state index in [0.29, 0.717) is 17.5 Å². The summed E-state index contributed by atoms with van der Waals surface area (Å²) in [6.07, 6.45) is 0. The van der Waals surface area contributed by atoms with Crippen molar-refractivity contribution in [3.63, 3.8) is 0 Å². The smallest absolute Gasteiger partial charge is 0.164 e. The van der Waals surface area contributed by atoms with Gasteiger partial charge in [-0.25, -0.2) is 15.0 Å². The van der Waals surface area contributed by atoms with Gasteiger partial charge in [-0.15, -0.1) is 0 Å². The zero-order chi connectivity index (χ0) is 37.5. The van der Waals surface area contributed by atoms with Crippen molar-refractivity contribution < 1.29 is 4.42 Å². The predicted octanol–water partition coefficient (Wildman–Crippen LogP) is 13.0. The highest BCUT2D eigenvalue weighted by atomic mass is 16.3. The molecule has 0 radical (unpaired) electrons. The number of nitrogens with zero attached hydrogens (tertiary/aromatic N) is 5. The van der Waals surface area contributed by atoms with Crippen LogP contribution >= 0.6 is 0 Å². The second-order valence-electron chi connectivity index (χ2n) is 14.4. The van der Waals surface area contributed by atoms with E-state index >= 15 is 0 Å². The Hall–Kier alpha value is -7.83. The normalized spacial score (nSPS) is 11.9. The molecule has 266 valence electrons. The van der Waals surface area contributed by atoms with Gasteiger partial charge in [-0.3, -0.25) is 0 Å². The van der Waals surface area contributed by atoms with Crippen LogP contribution in [-0.2, 0) is 0 Å². The molecule has 0 spiro atoms. The molecule has 57 heavy (non-hydrogen) atoms. The summed E-state index contributed by atoms with van der Waals surface area (Å²) in [4.78, 5) is 14.8. The van der Waals surface area contributed by atoms with Crippen LogP contribution in [0.25, 0.3) is 111 Å². The third kappa shape index (κ3) is 4.81. The van der Waals surface area contributed by atoms with Crippen molar-refractivity contribution in [3.8, 4) is 45.5 Å². The maximum atomic E-state index is 6.59. The second-order valence-corrected chi connectivity index (χ2v) is 14.4. The van der Waals surface area contributed by atoms with Gasteiger partial charge >= 0.3 is 0 Å². The van der Waals surface area contributed by atoms with Crippen molar-refractivity contribution in [1.29, 1.82) is 0 Å². The van der Waals surface area contributed by atoms with Gasteiger partial charge in [-0.1, -0.05) is 127 Å². The number of furan rings is 1. The van der Waals surface area contributed by atoms with Crippen molar-refractivity contribution in [2.24, 2.45) is 0 Å². The molecule has 0 aliphatic rings. The number of hydrogen-bond acceptors (Lipinski definition) is 4. The molecule has 0 atom stereocenters. The van der Waals surface area contributed by atoms with Gasteiger partial charge in [-0.05, 0) is 60.7 Å². The van der Waals surface area contributed by atoms with Gasteiger partial charge in [0, 0.05) is 54.7 Å². The van der Waals surface area contributed by atoms with E-state index < -0.39 is 0 Å². The van der Waals surface area contributed by atoms with E-state index in [0.717, 1.165) is 72.1 Å². The van der Waals surface area contributed by atoms with Gasteiger partial charge in [-0.2, -0.15) is 0 Å². The van der Waals surface area contributed by atoms with Crippen molar-refractivity contribution in [3.05, 3.63) is 188 Å². The molecular formula is C51H31N5O. The summed E-state index contributed by atoms with van der Waals surface area (Å²) in [5, 5.41) is 7.06. The van der Waals surface area contributed by atoms with E-state index in [1.165, 1.54) is 21.5 Å². The van der Waals surface area contributed by atoms with Crippen molar-refractivity contribution in [2.75, 3.05) is 0 Å². The summed E-state index contributed by atoms with van der Waals surface area (Å²) in [7, 11) is 0. The molecule has 0 unspecified atom stereocenters. The van der Waals surface area contributed by atoms with E-state index in [1.54, 1.807) is 0 Å². The van der Waals surface area contributed by atoms with Crippen LogP contribution in [0.4, 0.5) is 0 Å². The standard InChI is InChI=1S/C51H31N5O/c1-3-14-32(15-4-1)49-52-50(33-16-5-2-6-17-33)54-51(53-49)34-26-28-35(29-27-34)55-40-22-10-7-19-38(40)46-42(55)30-31-43-47(46)39-20-8-11-23-41(39)56(43)44-24-13-21-37-36-18-9-12-25-45(36)57-48(37)44/h1-31H. The predicted molar refractivity (Wildman–Crippen MR) is 232 cm³/mol. The van der Waals surface area contributed by atoms with Crippen LogP contribution in [-0.4, -0.2) is 24.1 Å². The lowest BCUT2D eigenvalue weighted by molar-refractivity contribution is 0.666. The summed E-state index contributed by atoms with van der Waals surface area (Å²) < 4.78 is 11.3. The molecule has 4 aromatic heterocycles. The molecule has 0 saturated heterocycles. The molecule has 0 N–H and O–H groups in total. The fourth-order valence-electron chi connectivity index (χ4n) is 8.66. The molecule has 12 aromatic rings. The minimum atomic E-state index is 0.630. The Morgan fingerprint density at radius 1 is 0.333 bits per heavy atom. The Bertz CT molecular complexity index is 3450. The van der Waals surface area contributed by atoms with Gasteiger partial charge < -0.3 is 13.6 Å². The van der Waals surface area contributed by atoms with Crippen LogP contribution in [0.1, 0.15) is 0 Å².